The number of para-hydroxylation sites is 1. The first-order valence-corrected chi connectivity index (χ1v) is 7.42. The molecule has 1 aromatic carbocycles. The average Bonchev–Trinajstić information content (AvgIpc) is 2.81. The van der Waals surface area contributed by atoms with Crippen molar-refractivity contribution in [1.29, 1.82) is 0 Å². The van der Waals surface area contributed by atoms with Crippen molar-refractivity contribution in [3.63, 3.8) is 0 Å². The molecule has 0 radical (unpaired) electrons. The molecule has 0 aliphatic heterocycles. The molecule has 1 heterocycles. The Kier molecular flexibility index (Phi) is 4.66. The SMILES string of the molecule is COc1nc(N(C)C)sc1CNc1ccccc1Br. The monoisotopic (exact) mass is 341 g/mol. The van der Waals surface area contributed by atoms with Gasteiger partial charge in [0, 0.05) is 24.3 Å². The van der Waals surface area contributed by atoms with Crippen LogP contribution in [0.15, 0.2) is 28.7 Å². The molecular formula is C13H16BrN3OS. The number of ether oxygens (including phenoxy) is 1. The van der Waals surface area contributed by atoms with Crippen molar-refractivity contribution in [2.45, 2.75) is 6.54 Å². The van der Waals surface area contributed by atoms with E-state index in [2.05, 4.69) is 26.2 Å². The summed E-state index contributed by atoms with van der Waals surface area (Å²) >= 11 is 5.15. The number of benzene rings is 1. The molecule has 1 aromatic heterocycles. The third kappa shape index (κ3) is 3.39. The molecule has 0 aliphatic carbocycles. The number of hydrogen-bond donors (Lipinski definition) is 1. The summed E-state index contributed by atoms with van der Waals surface area (Å²) in [7, 11) is 5.60. The van der Waals surface area contributed by atoms with Crippen molar-refractivity contribution < 1.29 is 4.74 Å². The second-order valence-corrected chi connectivity index (χ2v) is 6.07. The third-order valence-electron chi connectivity index (χ3n) is 2.54. The fraction of sp³-hybridized carbons (Fsp3) is 0.308. The first-order valence-electron chi connectivity index (χ1n) is 5.81. The molecule has 6 heteroatoms. The Bertz CT molecular complexity index is 557. The maximum absolute atomic E-state index is 5.32. The van der Waals surface area contributed by atoms with Gasteiger partial charge in [0.05, 0.1) is 18.5 Å². The number of hydrogen-bond acceptors (Lipinski definition) is 5. The Labute approximate surface area is 125 Å². The van der Waals surface area contributed by atoms with E-state index in [4.69, 9.17) is 4.74 Å². The summed E-state index contributed by atoms with van der Waals surface area (Å²) in [4.78, 5) is 7.50. The van der Waals surface area contributed by atoms with Crippen LogP contribution in [-0.4, -0.2) is 26.2 Å². The van der Waals surface area contributed by atoms with E-state index in [-0.39, 0.29) is 0 Å². The van der Waals surface area contributed by atoms with E-state index in [1.165, 1.54) is 0 Å². The number of nitrogens with zero attached hydrogens (tertiary/aromatic N) is 2. The predicted octanol–water partition coefficient (Wildman–Crippen LogP) is 3.59. The Morgan fingerprint density at radius 2 is 2.11 bits per heavy atom. The predicted molar refractivity (Wildman–Crippen MR) is 84.5 cm³/mol. The summed E-state index contributed by atoms with van der Waals surface area (Å²) in [5.41, 5.74) is 1.06. The Balaban J connectivity index is 2.13. The van der Waals surface area contributed by atoms with Crippen LogP contribution in [0.5, 0.6) is 5.88 Å². The third-order valence-corrected chi connectivity index (χ3v) is 4.44. The van der Waals surface area contributed by atoms with E-state index in [0.29, 0.717) is 12.4 Å². The fourth-order valence-electron chi connectivity index (χ4n) is 1.57. The summed E-state index contributed by atoms with van der Waals surface area (Å²) in [6, 6.07) is 8.04. The molecule has 2 rings (SSSR count). The van der Waals surface area contributed by atoms with Crippen LogP contribution in [0.2, 0.25) is 0 Å². The number of methoxy groups -OCH3 is 1. The van der Waals surface area contributed by atoms with E-state index in [1.807, 2.05) is 43.3 Å². The van der Waals surface area contributed by atoms with Crippen LogP contribution in [0.1, 0.15) is 4.88 Å². The topological polar surface area (TPSA) is 37.4 Å². The molecule has 102 valence electrons. The molecule has 4 nitrogen and oxygen atoms in total. The van der Waals surface area contributed by atoms with Crippen molar-refractivity contribution in [3.05, 3.63) is 33.6 Å². The van der Waals surface area contributed by atoms with E-state index >= 15 is 0 Å². The molecule has 1 N–H and O–H groups in total. The number of rotatable bonds is 5. The lowest BCUT2D eigenvalue weighted by Crippen LogP contribution is -2.07. The molecule has 0 spiro atoms. The van der Waals surface area contributed by atoms with Crippen molar-refractivity contribution in [2.75, 3.05) is 31.4 Å². The van der Waals surface area contributed by atoms with Crippen molar-refractivity contribution in [1.82, 2.24) is 4.98 Å². The number of anilines is 2. The van der Waals surface area contributed by atoms with Crippen molar-refractivity contribution >= 4 is 38.1 Å². The van der Waals surface area contributed by atoms with Crippen LogP contribution in [-0.2, 0) is 6.54 Å². The molecule has 0 bridgehead atoms. The lowest BCUT2D eigenvalue weighted by atomic mass is 10.3. The van der Waals surface area contributed by atoms with Crippen LogP contribution in [0, 0.1) is 0 Å². The van der Waals surface area contributed by atoms with Gasteiger partial charge in [0.2, 0.25) is 5.88 Å². The maximum atomic E-state index is 5.32. The number of nitrogens with one attached hydrogen (secondary N) is 1. The minimum atomic E-state index is 0.688. The van der Waals surface area contributed by atoms with Gasteiger partial charge in [-0.05, 0) is 28.1 Å². The van der Waals surface area contributed by atoms with Crippen LogP contribution in [0.3, 0.4) is 0 Å². The van der Waals surface area contributed by atoms with Gasteiger partial charge in [-0.25, -0.2) is 0 Å². The smallest absolute Gasteiger partial charge is 0.231 e. The number of halogens is 1. The molecule has 0 saturated carbocycles. The highest BCUT2D eigenvalue weighted by molar-refractivity contribution is 9.10. The molecule has 0 saturated heterocycles. The van der Waals surface area contributed by atoms with Gasteiger partial charge in [-0.15, -0.1) is 0 Å². The zero-order chi connectivity index (χ0) is 13.8. The van der Waals surface area contributed by atoms with Gasteiger partial charge in [-0.3, -0.25) is 0 Å². The Morgan fingerprint density at radius 1 is 1.37 bits per heavy atom. The zero-order valence-electron chi connectivity index (χ0n) is 11.1. The van der Waals surface area contributed by atoms with E-state index in [0.717, 1.165) is 20.2 Å². The number of aromatic nitrogens is 1. The molecule has 0 atom stereocenters. The normalized spacial score (nSPS) is 10.3. The maximum Gasteiger partial charge on any atom is 0.231 e. The first kappa shape index (κ1) is 14.1. The first-order chi connectivity index (χ1) is 9.11. The molecule has 0 amide bonds. The van der Waals surface area contributed by atoms with E-state index in [1.54, 1.807) is 18.4 Å². The van der Waals surface area contributed by atoms with Crippen LogP contribution < -0.4 is 15.0 Å². The molecule has 0 unspecified atom stereocenters. The minimum Gasteiger partial charge on any atom is -0.480 e. The highest BCUT2D eigenvalue weighted by Gasteiger charge is 2.13. The molecule has 19 heavy (non-hydrogen) atoms. The molecular weight excluding hydrogens is 326 g/mol. The van der Waals surface area contributed by atoms with Gasteiger partial charge in [0.25, 0.3) is 0 Å². The van der Waals surface area contributed by atoms with Gasteiger partial charge in [-0.1, -0.05) is 23.5 Å². The fourth-order valence-corrected chi connectivity index (χ4v) is 2.89. The molecule has 0 fully saturated rings. The zero-order valence-corrected chi connectivity index (χ0v) is 13.5. The van der Waals surface area contributed by atoms with Crippen molar-refractivity contribution in [3.8, 4) is 5.88 Å². The average molecular weight is 342 g/mol. The summed E-state index contributed by atoms with van der Waals surface area (Å²) in [5, 5.41) is 4.33. The second-order valence-electron chi connectivity index (χ2n) is 4.16. The lowest BCUT2D eigenvalue weighted by molar-refractivity contribution is 0.397. The van der Waals surface area contributed by atoms with Gasteiger partial charge in [0.15, 0.2) is 5.13 Å². The van der Waals surface area contributed by atoms with Crippen LogP contribution in [0.25, 0.3) is 0 Å². The second kappa shape index (κ2) is 6.25. The Morgan fingerprint density at radius 3 is 2.74 bits per heavy atom. The van der Waals surface area contributed by atoms with Crippen LogP contribution in [0.4, 0.5) is 10.8 Å². The standard InChI is InChI=1S/C13H16BrN3OS/c1-17(2)13-16-12(18-3)11(19-13)8-15-10-7-5-4-6-9(10)14/h4-7,15H,8H2,1-3H3. The minimum absolute atomic E-state index is 0.688. The summed E-state index contributed by atoms with van der Waals surface area (Å²) < 4.78 is 6.36. The highest BCUT2D eigenvalue weighted by atomic mass is 79.9. The van der Waals surface area contributed by atoms with Gasteiger partial charge < -0.3 is 15.0 Å². The number of thiazole rings is 1. The van der Waals surface area contributed by atoms with Crippen molar-refractivity contribution in [2.24, 2.45) is 0 Å². The van der Waals surface area contributed by atoms with E-state index < -0.39 is 0 Å². The highest BCUT2D eigenvalue weighted by Crippen LogP contribution is 2.31. The van der Waals surface area contributed by atoms with Gasteiger partial charge >= 0.3 is 0 Å². The van der Waals surface area contributed by atoms with Gasteiger partial charge in [0.1, 0.15) is 0 Å². The molecule has 0 aliphatic rings. The summed E-state index contributed by atoms with van der Waals surface area (Å²) in [6.07, 6.45) is 0. The summed E-state index contributed by atoms with van der Waals surface area (Å²) in [6.45, 7) is 0.692. The largest absolute Gasteiger partial charge is 0.480 e. The van der Waals surface area contributed by atoms with E-state index in [9.17, 15) is 0 Å². The Hall–Kier alpha value is -1.27. The summed E-state index contributed by atoms with van der Waals surface area (Å²) in [5.74, 6) is 0.688. The molecule has 2 aromatic rings. The lowest BCUT2D eigenvalue weighted by Gasteiger charge is -2.07. The quantitative estimate of drug-likeness (QED) is 0.901. The van der Waals surface area contributed by atoms with Crippen LogP contribution >= 0.6 is 27.3 Å². The van der Waals surface area contributed by atoms with Gasteiger partial charge in [-0.2, -0.15) is 4.98 Å².